The van der Waals surface area contributed by atoms with Crippen LogP contribution in [0.4, 0.5) is 4.39 Å². The number of nitrogens with one attached hydrogen (secondary N) is 1. The van der Waals surface area contributed by atoms with Gasteiger partial charge >= 0.3 is 0 Å². The van der Waals surface area contributed by atoms with E-state index in [-0.39, 0.29) is 11.9 Å². The Balaban J connectivity index is 1.71. The van der Waals surface area contributed by atoms with Crippen molar-refractivity contribution in [2.24, 2.45) is 0 Å². The van der Waals surface area contributed by atoms with Gasteiger partial charge in [0.25, 0.3) is 0 Å². The molecule has 0 bridgehead atoms. The molecule has 2 rings (SSSR count). The highest BCUT2D eigenvalue weighted by Gasteiger charge is 2.09. The number of rotatable bonds is 7. The molecule has 0 radical (unpaired) electrons. The molecule has 4 heteroatoms. The minimum atomic E-state index is -0.313. The number of hydrogen-bond donors (Lipinski definition) is 1. The van der Waals surface area contributed by atoms with E-state index < -0.39 is 0 Å². The van der Waals surface area contributed by atoms with E-state index in [0.717, 1.165) is 24.3 Å². The van der Waals surface area contributed by atoms with E-state index in [1.807, 2.05) is 37.3 Å². The summed E-state index contributed by atoms with van der Waals surface area (Å²) in [5, 5.41) is 3.81. The zero-order valence-corrected chi connectivity index (χ0v) is 12.7. The van der Waals surface area contributed by atoms with Crippen molar-refractivity contribution in [2.75, 3.05) is 13.2 Å². The summed E-state index contributed by atoms with van der Waals surface area (Å²) in [7, 11) is 0. The normalized spacial score (nSPS) is 12.1. The Morgan fingerprint density at radius 3 is 2.67 bits per heavy atom. The van der Waals surface area contributed by atoms with Crippen LogP contribution in [0.25, 0.3) is 0 Å². The fourth-order valence-corrected chi connectivity index (χ4v) is 2.39. The third kappa shape index (κ3) is 5.03. The third-order valence-electron chi connectivity index (χ3n) is 3.21. The zero-order chi connectivity index (χ0) is 15.1. The van der Waals surface area contributed by atoms with E-state index >= 15 is 0 Å². The molecule has 1 unspecified atom stereocenters. The SMILES string of the molecule is CC(NCCCOc1ccccc1)c1ccc(F)cc1Cl. The molecule has 0 saturated carbocycles. The highest BCUT2D eigenvalue weighted by molar-refractivity contribution is 6.31. The van der Waals surface area contributed by atoms with Crippen LogP contribution in [-0.4, -0.2) is 13.2 Å². The quantitative estimate of drug-likeness (QED) is 0.755. The first-order valence-corrected chi connectivity index (χ1v) is 7.41. The van der Waals surface area contributed by atoms with Crippen LogP contribution >= 0.6 is 11.6 Å². The maximum absolute atomic E-state index is 13.0. The van der Waals surface area contributed by atoms with Crippen LogP contribution in [0.1, 0.15) is 24.9 Å². The zero-order valence-electron chi connectivity index (χ0n) is 12.0. The van der Waals surface area contributed by atoms with Crippen LogP contribution < -0.4 is 10.1 Å². The summed E-state index contributed by atoms with van der Waals surface area (Å²) in [4.78, 5) is 0. The number of halogens is 2. The fourth-order valence-electron chi connectivity index (χ4n) is 2.06. The van der Waals surface area contributed by atoms with Gasteiger partial charge in [0.1, 0.15) is 11.6 Å². The van der Waals surface area contributed by atoms with E-state index in [9.17, 15) is 4.39 Å². The van der Waals surface area contributed by atoms with Crippen LogP contribution in [0.15, 0.2) is 48.5 Å². The summed E-state index contributed by atoms with van der Waals surface area (Å²) in [5.74, 6) is 0.569. The van der Waals surface area contributed by atoms with Gasteiger partial charge in [0.05, 0.1) is 6.61 Å². The molecule has 112 valence electrons. The molecule has 0 aliphatic heterocycles. The molecule has 0 saturated heterocycles. The largest absolute Gasteiger partial charge is 0.494 e. The minimum Gasteiger partial charge on any atom is -0.494 e. The van der Waals surface area contributed by atoms with Crippen molar-refractivity contribution in [2.45, 2.75) is 19.4 Å². The molecule has 0 heterocycles. The van der Waals surface area contributed by atoms with E-state index in [1.165, 1.54) is 12.1 Å². The molecule has 2 nitrogen and oxygen atoms in total. The van der Waals surface area contributed by atoms with Crippen LogP contribution in [0.5, 0.6) is 5.75 Å². The van der Waals surface area contributed by atoms with Gasteiger partial charge in [-0.05, 0) is 49.7 Å². The lowest BCUT2D eigenvalue weighted by atomic mass is 10.1. The van der Waals surface area contributed by atoms with Crippen molar-refractivity contribution in [3.8, 4) is 5.75 Å². The lowest BCUT2D eigenvalue weighted by Gasteiger charge is -2.16. The average molecular weight is 308 g/mol. The summed E-state index contributed by atoms with van der Waals surface area (Å²) in [6, 6.07) is 14.3. The van der Waals surface area contributed by atoms with E-state index in [4.69, 9.17) is 16.3 Å². The Hall–Kier alpha value is -1.58. The Morgan fingerprint density at radius 1 is 1.19 bits per heavy atom. The molecule has 1 atom stereocenters. The lowest BCUT2D eigenvalue weighted by Crippen LogP contribution is -2.21. The van der Waals surface area contributed by atoms with Gasteiger partial charge in [-0.15, -0.1) is 0 Å². The van der Waals surface area contributed by atoms with Gasteiger partial charge in [-0.25, -0.2) is 4.39 Å². The highest BCUT2D eigenvalue weighted by Crippen LogP contribution is 2.23. The van der Waals surface area contributed by atoms with Crippen molar-refractivity contribution in [1.29, 1.82) is 0 Å². The first kappa shape index (κ1) is 15.8. The third-order valence-corrected chi connectivity index (χ3v) is 3.54. The van der Waals surface area contributed by atoms with Gasteiger partial charge in [0.15, 0.2) is 0 Å². The Bertz CT molecular complexity index is 562. The number of benzene rings is 2. The summed E-state index contributed by atoms with van der Waals surface area (Å²) < 4.78 is 18.6. The van der Waals surface area contributed by atoms with E-state index in [2.05, 4.69) is 5.32 Å². The molecule has 0 aliphatic carbocycles. The smallest absolute Gasteiger partial charge is 0.124 e. The van der Waals surface area contributed by atoms with Crippen molar-refractivity contribution in [1.82, 2.24) is 5.32 Å². The average Bonchev–Trinajstić information content (AvgIpc) is 2.47. The van der Waals surface area contributed by atoms with Crippen LogP contribution in [0.2, 0.25) is 5.02 Å². The maximum atomic E-state index is 13.0. The second-order valence-corrected chi connectivity index (χ2v) is 5.26. The van der Waals surface area contributed by atoms with Gasteiger partial charge < -0.3 is 10.1 Å². The summed E-state index contributed by atoms with van der Waals surface area (Å²) in [6.45, 7) is 3.47. The molecule has 0 spiro atoms. The van der Waals surface area contributed by atoms with Gasteiger partial charge in [-0.1, -0.05) is 35.9 Å². The number of para-hydroxylation sites is 1. The van der Waals surface area contributed by atoms with Crippen LogP contribution in [0.3, 0.4) is 0 Å². The standard InChI is InChI=1S/C17H19ClFNO/c1-13(16-9-8-14(19)12-17(16)18)20-10-5-11-21-15-6-3-2-4-7-15/h2-4,6-9,12-13,20H,5,10-11H2,1H3. The number of hydrogen-bond acceptors (Lipinski definition) is 2. The molecular formula is C17H19ClFNO. The molecular weight excluding hydrogens is 289 g/mol. The highest BCUT2D eigenvalue weighted by atomic mass is 35.5. The van der Waals surface area contributed by atoms with Gasteiger partial charge in [-0.2, -0.15) is 0 Å². The topological polar surface area (TPSA) is 21.3 Å². The molecule has 21 heavy (non-hydrogen) atoms. The van der Waals surface area contributed by atoms with Crippen LogP contribution in [-0.2, 0) is 0 Å². The predicted molar refractivity (Wildman–Crippen MR) is 84.4 cm³/mol. The van der Waals surface area contributed by atoms with Crippen LogP contribution in [0, 0.1) is 5.82 Å². The van der Waals surface area contributed by atoms with E-state index in [0.29, 0.717) is 11.6 Å². The second-order valence-electron chi connectivity index (χ2n) is 4.86. The molecule has 1 N–H and O–H groups in total. The molecule has 0 aromatic heterocycles. The van der Waals surface area contributed by atoms with Gasteiger partial charge in [-0.3, -0.25) is 0 Å². The molecule has 0 fully saturated rings. The minimum absolute atomic E-state index is 0.0785. The lowest BCUT2D eigenvalue weighted by molar-refractivity contribution is 0.305. The van der Waals surface area contributed by atoms with Crippen molar-refractivity contribution in [3.05, 3.63) is 64.9 Å². The second kappa shape index (κ2) is 8.01. The van der Waals surface area contributed by atoms with Crippen molar-refractivity contribution in [3.63, 3.8) is 0 Å². The predicted octanol–water partition coefficient (Wildman–Crippen LogP) is 4.60. The monoisotopic (exact) mass is 307 g/mol. The summed E-state index contributed by atoms with van der Waals surface area (Å²) >= 11 is 6.04. The van der Waals surface area contributed by atoms with Crippen molar-refractivity contribution >= 4 is 11.6 Å². The Morgan fingerprint density at radius 2 is 1.95 bits per heavy atom. The molecule has 2 aromatic rings. The summed E-state index contributed by atoms with van der Waals surface area (Å²) in [5.41, 5.74) is 0.905. The van der Waals surface area contributed by atoms with Gasteiger partial charge in [0, 0.05) is 11.1 Å². The fraction of sp³-hybridized carbons (Fsp3) is 0.294. The summed E-state index contributed by atoms with van der Waals surface area (Å²) in [6.07, 6.45) is 0.887. The number of ether oxygens (including phenoxy) is 1. The first-order chi connectivity index (χ1) is 10.2. The molecule has 0 aliphatic rings. The van der Waals surface area contributed by atoms with E-state index in [1.54, 1.807) is 6.07 Å². The molecule has 0 amide bonds. The Kier molecular flexibility index (Phi) is 6.03. The van der Waals surface area contributed by atoms with Gasteiger partial charge in [0.2, 0.25) is 0 Å². The molecule has 2 aromatic carbocycles. The Labute approximate surface area is 129 Å². The van der Waals surface area contributed by atoms with Crippen molar-refractivity contribution < 1.29 is 9.13 Å². The first-order valence-electron chi connectivity index (χ1n) is 7.03. The maximum Gasteiger partial charge on any atom is 0.124 e.